The minimum atomic E-state index is -4.39. The first-order chi connectivity index (χ1) is 7.84. The van der Waals surface area contributed by atoms with Gasteiger partial charge in [0.25, 0.3) is 0 Å². The van der Waals surface area contributed by atoms with Crippen molar-refractivity contribution in [2.75, 3.05) is 7.11 Å². The topological polar surface area (TPSA) is 52.3 Å². The summed E-state index contributed by atoms with van der Waals surface area (Å²) in [5.74, 6) is -0.664. The maximum Gasteiger partial charge on any atom is 0.416 e. The molecule has 1 rings (SSSR count). The highest BCUT2D eigenvalue weighted by Crippen LogP contribution is 2.29. The summed E-state index contributed by atoms with van der Waals surface area (Å²) in [7, 11) is 1.18. The highest BCUT2D eigenvalue weighted by molar-refractivity contribution is 5.90. The van der Waals surface area contributed by atoms with Gasteiger partial charge in [0.1, 0.15) is 0 Å². The van der Waals surface area contributed by atoms with Crippen LogP contribution in [0.4, 0.5) is 13.2 Å². The zero-order valence-corrected chi connectivity index (χ0v) is 8.91. The summed E-state index contributed by atoms with van der Waals surface area (Å²) in [6.45, 7) is 0. The lowest BCUT2D eigenvalue weighted by molar-refractivity contribution is -0.137. The van der Waals surface area contributed by atoms with Gasteiger partial charge in [0.2, 0.25) is 0 Å². The molecular weight excluding hydrogens is 235 g/mol. The van der Waals surface area contributed by atoms with Gasteiger partial charge in [-0.3, -0.25) is 0 Å². The number of nitrogens with two attached hydrogens (primary N) is 1. The largest absolute Gasteiger partial charge is 0.466 e. The molecule has 17 heavy (non-hydrogen) atoms. The van der Waals surface area contributed by atoms with E-state index in [0.717, 1.165) is 18.2 Å². The maximum atomic E-state index is 12.3. The minimum Gasteiger partial charge on any atom is -0.466 e. The Hall–Kier alpha value is -1.98. The number of halogens is 3. The number of methoxy groups -OCH3 is 1. The van der Waals surface area contributed by atoms with Crippen molar-refractivity contribution >= 4 is 11.7 Å². The van der Waals surface area contributed by atoms with E-state index >= 15 is 0 Å². The van der Waals surface area contributed by atoms with E-state index in [1.165, 1.54) is 19.2 Å². The predicted octanol–water partition coefficient (Wildman–Crippen LogP) is 2.18. The van der Waals surface area contributed by atoms with Crippen LogP contribution in [0.3, 0.4) is 0 Å². The third-order valence-electron chi connectivity index (χ3n) is 2.02. The summed E-state index contributed by atoms with van der Waals surface area (Å²) in [5, 5.41) is 0. The fourth-order valence-corrected chi connectivity index (χ4v) is 1.12. The van der Waals surface area contributed by atoms with Crippen LogP contribution in [0.2, 0.25) is 0 Å². The zero-order chi connectivity index (χ0) is 13.1. The van der Waals surface area contributed by atoms with Crippen LogP contribution in [0.15, 0.2) is 30.3 Å². The smallest absolute Gasteiger partial charge is 0.416 e. The van der Waals surface area contributed by atoms with Crippen molar-refractivity contribution in [3.63, 3.8) is 0 Å². The fourth-order valence-electron chi connectivity index (χ4n) is 1.12. The third-order valence-corrected chi connectivity index (χ3v) is 2.02. The molecule has 0 aromatic heterocycles. The molecule has 6 heteroatoms. The van der Waals surface area contributed by atoms with Gasteiger partial charge in [-0.1, -0.05) is 12.1 Å². The summed E-state index contributed by atoms with van der Waals surface area (Å²) in [6, 6.07) is 4.18. The van der Waals surface area contributed by atoms with Crippen LogP contribution in [0.1, 0.15) is 11.1 Å². The van der Waals surface area contributed by atoms with E-state index < -0.39 is 17.7 Å². The number of hydrogen-bond donors (Lipinski definition) is 1. The second-order valence-electron chi connectivity index (χ2n) is 3.20. The number of esters is 1. The SMILES string of the molecule is COC(=O)/C=C(\N)c1ccc(C(F)(F)F)cc1. The van der Waals surface area contributed by atoms with Gasteiger partial charge in [-0.2, -0.15) is 13.2 Å². The van der Waals surface area contributed by atoms with Crippen molar-refractivity contribution in [2.45, 2.75) is 6.18 Å². The highest BCUT2D eigenvalue weighted by atomic mass is 19.4. The predicted molar refractivity (Wildman–Crippen MR) is 55.6 cm³/mol. The third kappa shape index (κ3) is 3.51. The van der Waals surface area contributed by atoms with Crippen LogP contribution >= 0.6 is 0 Å². The van der Waals surface area contributed by atoms with Gasteiger partial charge in [-0.05, 0) is 17.7 Å². The Balaban J connectivity index is 2.96. The molecule has 0 bridgehead atoms. The molecule has 0 amide bonds. The summed E-state index contributed by atoms with van der Waals surface area (Å²) in [4.78, 5) is 10.9. The van der Waals surface area contributed by atoms with Crippen molar-refractivity contribution in [3.05, 3.63) is 41.5 Å². The molecule has 0 atom stereocenters. The number of carbonyl (C=O) groups excluding carboxylic acids is 1. The molecule has 1 aromatic rings. The Morgan fingerprint density at radius 2 is 1.82 bits per heavy atom. The molecule has 0 saturated carbocycles. The van der Waals surface area contributed by atoms with Crippen LogP contribution in [-0.4, -0.2) is 13.1 Å². The molecule has 0 aliphatic heterocycles. The van der Waals surface area contributed by atoms with Crippen molar-refractivity contribution in [1.29, 1.82) is 0 Å². The highest BCUT2D eigenvalue weighted by Gasteiger charge is 2.29. The van der Waals surface area contributed by atoms with E-state index in [9.17, 15) is 18.0 Å². The Morgan fingerprint density at radius 3 is 2.24 bits per heavy atom. The van der Waals surface area contributed by atoms with E-state index in [-0.39, 0.29) is 5.70 Å². The molecule has 2 N–H and O–H groups in total. The van der Waals surface area contributed by atoms with Gasteiger partial charge in [0, 0.05) is 11.8 Å². The van der Waals surface area contributed by atoms with Crippen molar-refractivity contribution in [3.8, 4) is 0 Å². The fraction of sp³-hybridized carbons (Fsp3) is 0.182. The van der Waals surface area contributed by atoms with Crippen LogP contribution < -0.4 is 5.73 Å². The number of carbonyl (C=O) groups is 1. The molecule has 0 aliphatic carbocycles. The molecule has 0 radical (unpaired) electrons. The first-order valence-electron chi connectivity index (χ1n) is 4.57. The Morgan fingerprint density at radius 1 is 1.29 bits per heavy atom. The number of benzene rings is 1. The van der Waals surface area contributed by atoms with Gasteiger partial charge in [0.15, 0.2) is 0 Å². The number of alkyl halides is 3. The second-order valence-corrected chi connectivity index (χ2v) is 3.20. The van der Waals surface area contributed by atoms with E-state index in [0.29, 0.717) is 5.56 Å². The number of ether oxygens (including phenoxy) is 1. The van der Waals surface area contributed by atoms with Crippen LogP contribution in [0.25, 0.3) is 5.70 Å². The molecule has 1 aromatic carbocycles. The molecule has 0 aliphatic rings. The minimum absolute atomic E-state index is 0.0468. The van der Waals surface area contributed by atoms with Crippen LogP contribution in [0.5, 0.6) is 0 Å². The van der Waals surface area contributed by atoms with Crippen LogP contribution in [-0.2, 0) is 15.7 Å². The Bertz CT molecular complexity index is 435. The first kappa shape index (κ1) is 13.1. The van der Waals surface area contributed by atoms with Gasteiger partial charge in [-0.15, -0.1) is 0 Å². The number of rotatable bonds is 2. The lowest BCUT2D eigenvalue weighted by atomic mass is 10.1. The molecular formula is C11H10F3NO2. The molecule has 0 heterocycles. The summed E-state index contributed by atoms with van der Waals surface area (Å²) < 4.78 is 41.1. The van der Waals surface area contributed by atoms with Gasteiger partial charge in [-0.25, -0.2) is 4.79 Å². The summed E-state index contributed by atoms with van der Waals surface area (Å²) in [6.07, 6.45) is -3.39. The summed E-state index contributed by atoms with van der Waals surface area (Å²) in [5.41, 5.74) is 5.11. The molecule has 0 fully saturated rings. The van der Waals surface area contributed by atoms with Gasteiger partial charge >= 0.3 is 12.1 Å². The lowest BCUT2D eigenvalue weighted by Crippen LogP contribution is -2.06. The lowest BCUT2D eigenvalue weighted by Gasteiger charge is -2.07. The van der Waals surface area contributed by atoms with Crippen molar-refractivity contribution in [2.24, 2.45) is 5.73 Å². The Labute approximate surface area is 95.7 Å². The molecule has 0 spiro atoms. The summed E-state index contributed by atoms with van der Waals surface area (Å²) >= 11 is 0. The standard InChI is InChI=1S/C11H10F3NO2/c1-17-10(16)6-9(15)7-2-4-8(5-3-7)11(12,13)14/h2-6H,15H2,1H3/b9-6-. The van der Waals surface area contributed by atoms with E-state index in [1.54, 1.807) is 0 Å². The van der Waals surface area contributed by atoms with E-state index in [2.05, 4.69) is 4.74 Å². The average Bonchev–Trinajstić information content (AvgIpc) is 2.27. The van der Waals surface area contributed by atoms with Gasteiger partial charge < -0.3 is 10.5 Å². The second kappa shape index (κ2) is 4.90. The molecule has 0 saturated heterocycles. The zero-order valence-electron chi connectivity index (χ0n) is 8.91. The van der Waals surface area contributed by atoms with Crippen molar-refractivity contribution in [1.82, 2.24) is 0 Å². The maximum absolute atomic E-state index is 12.3. The Kier molecular flexibility index (Phi) is 3.77. The first-order valence-corrected chi connectivity index (χ1v) is 4.57. The van der Waals surface area contributed by atoms with Crippen LogP contribution in [0, 0.1) is 0 Å². The normalized spacial score (nSPS) is 12.4. The molecule has 0 unspecified atom stereocenters. The molecule has 3 nitrogen and oxygen atoms in total. The quantitative estimate of drug-likeness (QED) is 0.641. The molecule has 92 valence electrons. The van der Waals surface area contributed by atoms with Gasteiger partial charge in [0.05, 0.1) is 12.7 Å². The number of hydrogen-bond acceptors (Lipinski definition) is 3. The van der Waals surface area contributed by atoms with Crippen molar-refractivity contribution < 1.29 is 22.7 Å². The van der Waals surface area contributed by atoms with E-state index in [4.69, 9.17) is 5.73 Å². The monoisotopic (exact) mass is 245 g/mol. The average molecular weight is 245 g/mol. The van der Waals surface area contributed by atoms with E-state index in [1.807, 2.05) is 0 Å².